The topological polar surface area (TPSA) is 34.8 Å². The lowest BCUT2D eigenvalue weighted by molar-refractivity contribution is 0.643. The van der Waals surface area contributed by atoms with Gasteiger partial charge in [0.15, 0.2) is 0 Å². The molecule has 0 aliphatic heterocycles. The molecule has 0 fully saturated rings. The van der Waals surface area contributed by atoms with Crippen molar-refractivity contribution in [3.63, 3.8) is 0 Å². The minimum atomic E-state index is 0.412. The van der Waals surface area contributed by atoms with Gasteiger partial charge in [0, 0.05) is 38.2 Å². The average molecular weight is 232 g/mol. The molecule has 0 saturated heterocycles. The maximum atomic E-state index is 4.17. The molecule has 2 rings (SSSR count). The van der Waals surface area contributed by atoms with E-state index in [0.29, 0.717) is 6.04 Å². The van der Waals surface area contributed by atoms with E-state index < -0.39 is 0 Å². The van der Waals surface area contributed by atoms with E-state index in [0.717, 1.165) is 13.0 Å². The maximum absolute atomic E-state index is 4.17. The van der Waals surface area contributed by atoms with Gasteiger partial charge in [0.1, 0.15) is 0 Å². The summed E-state index contributed by atoms with van der Waals surface area (Å²) >= 11 is 0. The Hall–Kier alpha value is -1.55. The molecule has 0 saturated carbocycles. The van der Waals surface area contributed by atoms with Crippen molar-refractivity contribution in [3.8, 4) is 0 Å². The third-order valence-corrected chi connectivity index (χ3v) is 3.12. The largest absolute Gasteiger partial charge is 0.354 e. The van der Waals surface area contributed by atoms with Crippen LogP contribution in [0.5, 0.6) is 0 Å². The van der Waals surface area contributed by atoms with E-state index in [1.165, 1.54) is 11.1 Å². The monoisotopic (exact) mass is 232 g/mol. The standard InChI is InChI=1S/C13H20N4/c1-11(14-2)13-5-7-17(10-13)6-4-12-8-15-16(3)9-12/h5,7-11,14H,4,6H2,1-3H3. The highest BCUT2D eigenvalue weighted by molar-refractivity contribution is 5.14. The molecule has 0 spiro atoms. The van der Waals surface area contributed by atoms with Gasteiger partial charge in [-0.1, -0.05) is 0 Å². The molecule has 0 amide bonds. The molecule has 1 N–H and O–H groups in total. The van der Waals surface area contributed by atoms with E-state index in [1.807, 2.05) is 25.0 Å². The minimum absolute atomic E-state index is 0.412. The molecule has 0 radical (unpaired) electrons. The quantitative estimate of drug-likeness (QED) is 0.852. The van der Waals surface area contributed by atoms with E-state index in [1.54, 1.807) is 0 Å². The van der Waals surface area contributed by atoms with Crippen LogP contribution in [0.15, 0.2) is 30.9 Å². The van der Waals surface area contributed by atoms with Gasteiger partial charge in [-0.15, -0.1) is 0 Å². The third kappa shape index (κ3) is 2.97. The molecule has 0 aromatic carbocycles. The average Bonchev–Trinajstić information content (AvgIpc) is 2.94. The number of nitrogens with zero attached hydrogens (tertiary/aromatic N) is 3. The predicted octanol–water partition coefficient (Wildman–Crippen LogP) is 1.74. The molecule has 92 valence electrons. The van der Waals surface area contributed by atoms with Gasteiger partial charge in [0.05, 0.1) is 6.20 Å². The van der Waals surface area contributed by atoms with Crippen LogP contribution in [0.2, 0.25) is 0 Å². The molecule has 0 aliphatic rings. The first-order valence-corrected chi connectivity index (χ1v) is 5.99. The van der Waals surface area contributed by atoms with Crippen molar-refractivity contribution in [2.75, 3.05) is 7.05 Å². The maximum Gasteiger partial charge on any atom is 0.0522 e. The van der Waals surface area contributed by atoms with Crippen molar-refractivity contribution < 1.29 is 0 Å². The number of rotatable bonds is 5. The predicted molar refractivity (Wildman–Crippen MR) is 68.8 cm³/mol. The van der Waals surface area contributed by atoms with Crippen molar-refractivity contribution >= 4 is 0 Å². The Labute approximate surface area is 102 Å². The van der Waals surface area contributed by atoms with Crippen molar-refractivity contribution in [1.29, 1.82) is 0 Å². The zero-order valence-corrected chi connectivity index (χ0v) is 10.7. The Morgan fingerprint density at radius 3 is 2.88 bits per heavy atom. The summed E-state index contributed by atoms with van der Waals surface area (Å²) in [7, 11) is 3.93. The third-order valence-electron chi connectivity index (χ3n) is 3.12. The van der Waals surface area contributed by atoms with Crippen LogP contribution in [0.25, 0.3) is 0 Å². The Morgan fingerprint density at radius 1 is 1.41 bits per heavy atom. The summed E-state index contributed by atoms with van der Waals surface area (Å²) in [6.07, 6.45) is 9.37. The van der Waals surface area contributed by atoms with Gasteiger partial charge in [0.2, 0.25) is 0 Å². The van der Waals surface area contributed by atoms with Crippen LogP contribution >= 0.6 is 0 Å². The van der Waals surface area contributed by atoms with Crippen LogP contribution in [0.1, 0.15) is 24.1 Å². The molecule has 1 unspecified atom stereocenters. The lowest BCUT2D eigenvalue weighted by Gasteiger charge is -2.07. The molecular formula is C13H20N4. The number of nitrogens with one attached hydrogen (secondary N) is 1. The summed E-state index contributed by atoms with van der Waals surface area (Å²) in [5.41, 5.74) is 2.61. The molecule has 4 heteroatoms. The van der Waals surface area contributed by atoms with Gasteiger partial charge >= 0.3 is 0 Å². The highest BCUT2D eigenvalue weighted by Gasteiger charge is 2.04. The minimum Gasteiger partial charge on any atom is -0.354 e. The Balaban J connectivity index is 1.93. The van der Waals surface area contributed by atoms with Crippen molar-refractivity contribution in [2.45, 2.75) is 25.9 Å². The fourth-order valence-electron chi connectivity index (χ4n) is 1.88. The SMILES string of the molecule is CNC(C)c1ccn(CCc2cnn(C)c2)c1. The lowest BCUT2D eigenvalue weighted by atomic mass is 10.2. The van der Waals surface area contributed by atoms with Gasteiger partial charge in [-0.3, -0.25) is 4.68 Å². The molecule has 2 aromatic heterocycles. The molecule has 1 atom stereocenters. The van der Waals surface area contributed by atoms with E-state index in [4.69, 9.17) is 0 Å². The van der Waals surface area contributed by atoms with Gasteiger partial charge in [0.25, 0.3) is 0 Å². The molecule has 2 aromatic rings. The highest BCUT2D eigenvalue weighted by atomic mass is 15.2. The van der Waals surface area contributed by atoms with E-state index in [-0.39, 0.29) is 0 Å². The first-order valence-electron chi connectivity index (χ1n) is 5.99. The smallest absolute Gasteiger partial charge is 0.0522 e. The number of hydrogen-bond acceptors (Lipinski definition) is 2. The van der Waals surface area contributed by atoms with Crippen LogP contribution in [-0.2, 0) is 20.0 Å². The summed E-state index contributed by atoms with van der Waals surface area (Å²) in [4.78, 5) is 0. The zero-order valence-electron chi connectivity index (χ0n) is 10.7. The van der Waals surface area contributed by atoms with Crippen LogP contribution in [0.3, 0.4) is 0 Å². The molecule has 0 aliphatic carbocycles. The Kier molecular flexibility index (Phi) is 3.64. The van der Waals surface area contributed by atoms with Crippen LogP contribution in [-0.4, -0.2) is 21.4 Å². The Bertz CT molecular complexity index is 469. The molecule has 17 heavy (non-hydrogen) atoms. The van der Waals surface area contributed by atoms with Gasteiger partial charge < -0.3 is 9.88 Å². The van der Waals surface area contributed by atoms with E-state index in [9.17, 15) is 0 Å². The van der Waals surface area contributed by atoms with Crippen molar-refractivity contribution in [2.24, 2.45) is 7.05 Å². The number of hydrogen-bond donors (Lipinski definition) is 1. The second-order valence-electron chi connectivity index (χ2n) is 4.47. The fraction of sp³-hybridized carbons (Fsp3) is 0.462. The molecule has 2 heterocycles. The van der Waals surface area contributed by atoms with Crippen molar-refractivity contribution in [3.05, 3.63) is 42.0 Å². The second-order valence-corrected chi connectivity index (χ2v) is 4.47. The van der Waals surface area contributed by atoms with Crippen LogP contribution in [0, 0.1) is 0 Å². The zero-order chi connectivity index (χ0) is 12.3. The summed E-state index contributed by atoms with van der Waals surface area (Å²) in [6.45, 7) is 3.17. The fourth-order valence-corrected chi connectivity index (χ4v) is 1.88. The first-order chi connectivity index (χ1) is 8.19. The van der Waals surface area contributed by atoms with E-state index in [2.05, 4.69) is 46.6 Å². The van der Waals surface area contributed by atoms with Gasteiger partial charge in [-0.25, -0.2) is 0 Å². The summed E-state index contributed by atoms with van der Waals surface area (Å²) in [5.74, 6) is 0. The molecule has 0 bridgehead atoms. The first kappa shape index (κ1) is 11.9. The summed E-state index contributed by atoms with van der Waals surface area (Å²) in [5, 5.41) is 7.42. The Morgan fingerprint density at radius 2 is 2.24 bits per heavy atom. The van der Waals surface area contributed by atoms with Crippen LogP contribution < -0.4 is 5.32 Å². The lowest BCUT2D eigenvalue weighted by Crippen LogP contribution is -2.11. The normalized spacial score (nSPS) is 12.9. The summed E-state index contributed by atoms with van der Waals surface area (Å²) in [6, 6.07) is 2.58. The van der Waals surface area contributed by atoms with Gasteiger partial charge in [-0.2, -0.15) is 5.10 Å². The van der Waals surface area contributed by atoms with Crippen LogP contribution in [0.4, 0.5) is 0 Å². The summed E-state index contributed by atoms with van der Waals surface area (Å²) < 4.78 is 4.08. The van der Waals surface area contributed by atoms with E-state index >= 15 is 0 Å². The second kappa shape index (κ2) is 5.19. The van der Waals surface area contributed by atoms with Crippen molar-refractivity contribution in [1.82, 2.24) is 19.7 Å². The van der Waals surface area contributed by atoms with Gasteiger partial charge in [-0.05, 0) is 37.6 Å². The molecule has 4 nitrogen and oxygen atoms in total. The number of aryl methyl sites for hydroxylation is 3. The molecular weight excluding hydrogens is 212 g/mol. The highest BCUT2D eigenvalue weighted by Crippen LogP contribution is 2.12. The number of aromatic nitrogens is 3.